The van der Waals surface area contributed by atoms with Gasteiger partial charge in [-0.1, -0.05) is 36.4 Å². The SMILES string of the molecule is COc1ccc(N(Cc2ccc3ccccc3c2)C(=O)OC(C)(C)C)o1. The van der Waals surface area contributed by atoms with Gasteiger partial charge in [-0.3, -0.25) is 0 Å². The number of furan rings is 1. The largest absolute Gasteiger partial charge is 0.468 e. The molecule has 0 aliphatic carbocycles. The molecular weight excluding hydrogens is 330 g/mol. The smallest absolute Gasteiger partial charge is 0.417 e. The summed E-state index contributed by atoms with van der Waals surface area (Å²) in [7, 11) is 1.52. The Labute approximate surface area is 153 Å². The van der Waals surface area contributed by atoms with Crippen LogP contribution in [-0.2, 0) is 11.3 Å². The Balaban J connectivity index is 1.92. The number of carbonyl (C=O) groups is 1. The van der Waals surface area contributed by atoms with Gasteiger partial charge in [0.1, 0.15) is 5.60 Å². The Morgan fingerprint density at radius 2 is 1.77 bits per heavy atom. The number of rotatable bonds is 4. The second kappa shape index (κ2) is 7.12. The molecule has 0 bridgehead atoms. The number of nitrogens with zero attached hydrogens (tertiary/aromatic N) is 1. The highest BCUT2D eigenvalue weighted by atomic mass is 16.6. The average molecular weight is 353 g/mol. The molecule has 1 heterocycles. The molecule has 0 radical (unpaired) electrons. The molecule has 5 heteroatoms. The van der Waals surface area contributed by atoms with Crippen LogP contribution in [-0.4, -0.2) is 18.8 Å². The minimum atomic E-state index is -0.602. The minimum Gasteiger partial charge on any atom is -0.468 e. The van der Waals surface area contributed by atoms with E-state index in [-0.39, 0.29) is 0 Å². The Hall–Kier alpha value is -2.95. The van der Waals surface area contributed by atoms with Gasteiger partial charge < -0.3 is 13.9 Å². The molecule has 3 rings (SSSR count). The van der Waals surface area contributed by atoms with Crippen LogP contribution < -0.4 is 9.64 Å². The quantitative estimate of drug-likeness (QED) is 0.631. The summed E-state index contributed by atoms with van der Waals surface area (Å²) in [5, 5.41) is 2.27. The lowest BCUT2D eigenvalue weighted by Gasteiger charge is -2.26. The van der Waals surface area contributed by atoms with Gasteiger partial charge in [-0.05, 0) is 43.2 Å². The number of hydrogen-bond acceptors (Lipinski definition) is 4. The van der Waals surface area contributed by atoms with Gasteiger partial charge in [0.2, 0.25) is 5.88 Å². The van der Waals surface area contributed by atoms with E-state index in [0.29, 0.717) is 18.4 Å². The van der Waals surface area contributed by atoms with Crippen molar-refractivity contribution in [2.75, 3.05) is 12.0 Å². The van der Waals surface area contributed by atoms with Crippen LogP contribution in [0.25, 0.3) is 10.8 Å². The third-order valence-corrected chi connectivity index (χ3v) is 3.80. The summed E-state index contributed by atoms with van der Waals surface area (Å²) < 4.78 is 16.2. The van der Waals surface area contributed by atoms with Crippen LogP contribution in [0.3, 0.4) is 0 Å². The van der Waals surface area contributed by atoms with E-state index in [0.717, 1.165) is 16.3 Å². The van der Waals surface area contributed by atoms with Gasteiger partial charge in [0.05, 0.1) is 13.7 Å². The van der Waals surface area contributed by atoms with Gasteiger partial charge in [0.25, 0.3) is 5.95 Å². The molecule has 0 fully saturated rings. The van der Waals surface area contributed by atoms with Crippen LogP contribution in [0.2, 0.25) is 0 Å². The van der Waals surface area contributed by atoms with Gasteiger partial charge in [0, 0.05) is 12.1 Å². The third kappa shape index (κ3) is 4.17. The monoisotopic (exact) mass is 353 g/mol. The normalized spacial score (nSPS) is 11.4. The molecule has 0 N–H and O–H groups in total. The molecular formula is C21H23NO4. The van der Waals surface area contributed by atoms with E-state index in [1.54, 1.807) is 12.1 Å². The highest BCUT2D eigenvalue weighted by Gasteiger charge is 2.26. The first kappa shape index (κ1) is 17.9. The maximum absolute atomic E-state index is 12.7. The highest BCUT2D eigenvalue weighted by molar-refractivity contribution is 5.87. The van der Waals surface area contributed by atoms with E-state index in [2.05, 4.69) is 12.1 Å². The number of carbonyl (C=O) groups excluding carboxylic acids is 1. The first-order valence-corrected chi connectivity index (χ1v) is 8.48. The zero-order valence-corrected chi connectivity index (χ0v) is 15.5. The topological polar surface area (TPSA) is 51.9 Å². The molecule has 5 nitrogen and oxygen atoms in total. The highest BCUT2D eigenvalue weighted by Crippen LogP contribution is 2.27. The molecule has 136 valence electrons. The Morgan fingerprint density at radius 1 is 1.04 bits per heavy atom. The molecule has 1 aromatic heterocycles. The summed E-state index contributed by atoms with van der Waals surface area (Å²) in [6, 6.07) is 17.6. The summed E-state index contributed by atoms with van der Waals surface area (Å²) in [5.41, 5.74) is 0.375. The molecule has 26 heavy (non-hydrogen) atoms. The maximum Gasteiger partial charge on any atom is 0.417 e. The maximum atomic E-state index is 12.7. The second-order valence-corrected chi connectivity index (χ2v) is 7.04. The number of anilines is 1. The summed E-state index contributed by atoms with van der Waals surface area (Å²) in [6.07, 6.45) is -0.470. The van der Waals surface area contributed by atoms with Crippen molar-refractivity contribution < 1.29 is 18.7 Å². The number of fused-ring (bicyclic) bond motifs is 1. The molecule has 0 saturated heterocycles. The van der Waals surface area contributed by atoms with Gasteiger partial charge in [-0.2, -0.15) is 0 Å². The molecule has 2 aromatic carbocycles. The fraction of sp³-hybridized carbons (Fsp3) is 0.286. The van der Waals surface area contributed by atoms with E-state index >= 15 is 0 Å². The number of ether oxygens (including phenoxy) is 2. The van der Waals surface area contributed by atoms with E-state index in [1.807, 2.05) is 51.1 Å². The number of methoxy groups -OCH3 is 1. The predicted octanol–water partition coefficient (Wildman–Crippen LogP) is 5.38. The zero-order valence-electron chi connectivity index (χ0n) is 15.5. The fourth-order valence-corrected chi connectivity index (χ4v) is 2.63. The number of amides is 1. The fourth-order valence-electron chi connectivity index (χ4n) is 2.63. The van der Waals surface area contributed by atoms with Gasteiger partial charge >= 0.3 is 6.09 Å². The summed E-state index contributed by atoms with van der Waals surface area (Å²) >= 11 is 0. The van der Waals surface area contributed by atoms with Crippen LogP contribution in [0, 0.1) is 0 Å². The van der Waals surface area contributed by atoms with E-state index in [1.165, 1.54) is 12.0 Å². The van der Waals surface area contributed by atoms with Gasteiger partial charge in [-0.25, -0.2) is 9.69 Å². The number of benzene rings is 2. The van der Waals surface area contributed by atoms with Crippen LogP contribution in [0.1, 0.15) is 26.3 Å². The van der Waals surface area contributed by atoms with Crippen molar-refractivity contribution in [3.8, 4) is 5.95 Å². The van der Waals surface area contributed by atoms with Crippen LogP contribution in [0.4, 0.5) is 10.7 Å². The molecule has 1 amide bonds. The third-order valence-electron chi connectivity index (χ3n) is 3.80. The Bertz CT molecular complexity index is 908. The lowest BCUT2D eigenvalue weighted by Crippen LogP contribution is -2.36. The van der Waals surface area contributed by atoms with Gasteiger partial charge in [0.15, 0.2) is 0 Å². The zero-order chi connectivity index (χ0) is 18.7. The molecule has 0 atom stereocenters. The van der Waals surface area contributed by atoms with Crippen molar-refractivity contribution in [2.45, 2.75) is 32.9 Å². The summed E-state index contributed by atoms with van der Waals surface area (Å²) in [5.74, 6) is 0.719. The van der Waals surface area contributed by atoms with E-state index < -0.39 is 11.7 Å². The lowest BCUT2D eigenvalue weighted by atomic mass is 10.1. The molecule has 0 aliphatic rings. The van der Waals surface area contributed by atoms with Crippen molar-refractivity contribution in [1.82, 2.24) is 0 Å². The Morgan fingerprint density at radius 3 is 2.42 bits per heavy atom. The van der Waals surface area contributed by atoms with Crippen molar-refractivity contribution in [1.29, 1.82) is 0 Å². The molecule has 0 spiro atoms. The van der Waals surface area contributed by atoms with Crippen molar-refractivity contribution >= 4 is 22.7 Å². The average Bonchev–Trinajstić information content (AvgIpc) is 3.06. The predicted molar refractivity (Wildman–Crippen MR) is 102 cm³/mol. The molecule has 3 aromatic rings. The summed E-state index contributed by atoms with van der Waals surface area (Å²) in [4.78, 5) is 14.2. The van der Waals surface area contributed by atoms with Crippen LogP contribution >= 0.6 is 0 Å². The van der Waals surface area contributed by atoms with Crippen molar-refractivity contribution in [2.24, 2.45) is 0 Å². The van der Waals surface area contributed by atoms with E-state index in [9.17, 15) is 4.79 Å². The first-order valence-electron chi connectivity index (χ1n) is 8.48. The number of hydrogen-bond donors (Lipinski definition) is 0. The van der Waals surface area contributed by atoms with E-state index in [4.69, 9.17) is 13.9 Å². The van der Waals surface area contributed by atoms with Gasteiger partial charge in [-0.15, -0.1) is 0 Å². The summed E-state index contributed by atoms with van der Waals surface area (Å²) in [6.45, 7) is 5.84. The lowest BCUT2D eigenvalue weighted by molar-refractivity contribution is 0.0570. The Kier molecular flexibility index (Phi) is 4.89. The molecule has 0 aliphatic heterocycles. The van der Waals surface area contributed by atoms with Crippen molar-refractivity contribution in [3.63, 3.8) is 0 Å². The van der Waals surface area contributed by atoms with Crippen molar-refractivity contribution in [3.05, 3.63) is 60.2 Å². The first-order chi connectivity index (χ1) is 12.4. The minimum absolute atomic E-state index is 0.330. The second-order valence-electron chi connectivity index (χ2n) is 7.04. The van der Waals surface area contributed by atoms with Crippen LogP contribution in [0.5, 0.6) is 5.95 Å². The standard InChI is InChI=1S/C21H23NO4/c1-21(2,3)26-20(23)22(18-11-12-19(24-4)25-18)14-15-9-10-16-7-5-6-8-17(16)13-15/h5-13H,14H2,1-4H3. The molecule has 0 saturated carbocycles. The van der Waals surface area contributed by atoms with Crippen LogP contribution in [0.15, 0.2) is 59.0 Å². The molecule has 0 unspecified atom stereocenters.